The number of carbonyl (C=O) groups excluding carboxylic acids is 1. The molecule has 5 nitrogen and oxygen atoms in total. The second-order valence-corrected chi connectivity index (χ2v) is 5.31. The van der Waals surface area contributed by atoms with Gasteiger partial charge in [-0.3, -0.25) is 9.59 Å². The molecule has 114 valence electrons. The van der Waals surface area contributed by atoms with Crippen LogP contribution in [0.5, 0.6) is 0 Å². The van der Waals surface area contributed by atoms with Crippen LogP contribution in [0.3, 0.4) is 0 Å². The van der Waals surface area contributed by atoms with Crippen LogP contribution in [0.4, 0.5) is 0 Å². The number of carbonyl (C=O) groups is 2. The minimum Gasteiger partial charge on any atom is -0.481 e. The summed E-state index contributed by atoms with van der Waals surface area (Å²) in [6, 6.07) is 9.52. The number of nitrogens with zero attached hydrogens (tertiary/aromatic N) is 1. The Bertz CT molecular complexity index is 488. The minimum atomic E-state index is -0.853. The Labute approximate surface area is 124 Å². The average Bonchev–Trinajstić information content (AvgIpc) is 2.94. The van der Waals surface area contributed by atoms with Gasteiger partial charge in [-0.2, -0.15) is 0 Å². The number of likely N-dealkylation sites (tertiary alicyclic amines) is 1. The standard InChI is InChI=1S/C16H21NO4/c1-2-8-21-11-15(18)17-9-13(14(10-17)16(19)20)12-6-4-3-5-7-12/h3-7,13-14H,2,8-11H2,1H3,(H,19,20). The van der Waals surface area contributed by atoms with Crippen LogP contribution >= 0.6 is 0 Å². The second-order valence-electron chi connectivity index (χ2n) is 5.31. The predicted molar refractivity (Wildman–Crippen MR) is 78.0 cm³/mol. The van der Waals surface area contributed by atoms with Crippen LogP contribution in [-0.2, 0) is 14.3 Å². The van der Waals surface area contributed by atoms with E-state index >= 15 is 0 Å². The molecule has 1 amide bonds. The van der Waals surface area contributed by atoms with E-state index in [9.17, 15) is 14.7 Å². The van der Waals surface area contributed by atoms with Crippen molar-refractivity contribution in [3.8, 4) is 0 Å². The van der Waals surface area contributed by atoms with E-state index in [1.807, 2.05) is 37.3 Å². The van der Waals surface area contributed by atoms with Crippen LogP contribution in [-0.4, -0.2) is 48.2 Å². The molecule has 0 aromatic heterocycles. The number of carboxylic acid groups (broad SMARTS) is 1. The summed E-state index contributed by atoms with van der Waals surface area (Å²) >= 11 is 0. The van der Waals surface area contributed by atoms with Gasteiger partial charge in [0.15, 0.2) is 0 Å². The Morgan fingerprint density at radius 1 is 1.29 bits per heavy atom. The van der Waals surface area contributed by atoms with Crippen molar-refractivity contribution in [2.45, 2.75) is 19.3 Å². The Morgan fingerprint density at radius 3 is 2.62 bits per heavy atom. The molecule has 5 heteroatoms. The first-order valence-electron chi connectivity index (χ1n) is 7.26. The Kier molecular flexibility index (Phi) is 5.33. The van der Waals surface area contributed by atoms with Gasteiger partial charge in [-0.25, -0.2) is 0 Å². The molecular weight excluding hydrogens is 270 g/mol. The Hall–Kier alpha value is -1.88. The van der Waals surface area contributed by atoms with Crippen molar-refractivity contribution >= 4 is 11.9 Å². The third-order valence-electron chi connectivity index (χ3n) is 3.79. The molecule has 0 bridgehead atoms. The summed E-state index contributed by atoms with van der Waals surface area (Å²) in [4.78, 5) is 25.1. The third kappa shape index (κ3) is 3.82. The predicted octanol–water partition coefficient (Wildman–Crippen LogP) is 1.74. The van der Waals surface area contributed by atoms with Crippen LogP contribution in [0.25, 0.3) is 0 Å². The van der Waals surface area contributed by atoms with Crippen molar-refractivity contribution in [1.82, 2.24) is 4.90 Å². The molecule has 1 heterocycles. The van der Waals surface area contributed by atoms with Crippen molar-refractivity contribution in [2.75, 3.05) is 26.3 Å². The van der Waals surface area contributed by atoms with Crippen LogP contribution in [0, 0.1) is 5.92 Å². The number of amides is 1. The molecular formula is C16H21NO4. The van der Waals surface area contributed by atoms with Gasteiger partial charge in [0, 0.05) is 25.6 Å². The minimum absolute atomic E-state index is 0.0295. The molecule has 1 aliphatic rings. The largest absolute Gasteiger partial charge is 0.481 e. The highest BCUT2D eigenvalue weighted by atomic mass is 16.5. The van der Waals surface area contributed by atoms with E-state index < -0.39 is 11.9 Å². The van der Waals surface area contributed by atoms with E-state index in [2.05, 4.69) is 0 Å². The first-order chi connectivity index (χ1) is 10.1. The number of rotatable bonds is 6. The summed E-state index contributed by atoms with van der Waals surface area (Å²) in [7, 11) is 0. The van der Waals surface area contributed by atoms with Gasteiger partial charge in [-0.15, -0.1) is 0 Å². The normalized spacial score (nSPS) is 21.5. The van der Waals surface area contributed by atoms with E-state index in [0.717, 1.165) is 12.0 Å². The lowest BCUT2D eigenvalue weighted by atomic mass is 9.89. The maximum atomic E-state index is 12.1. The smallest absolute Gasteiger partial charge is 0.308 e. The van der Waals surface area contributed by atoms with Gasteiger partial charge in [0.2, 0.25) is 5.91 Å². The second kappa shape index (κ2) is 7.22. The van der Waals surface area contributed by atoms with Crippen molar-refractivity contribution in [3.63, 3.8) is 0 Å². The summed E-state index contributed by atoms with van der Waals surface area (Å²) in [6.07, 6.45) is 0.859. The summed E-state index contributed by atoms with van der Waals surface area (Å²) < 4.78 is 5.26. The molecule has 0 spiro atoms. The molecule has 1 aliphatic heterocycles. The lowest BCUT2D eigenvalue weighted by molar-refractivity contribution is -0.142. The Morgan fingerprint density at radius 2 is 2.00 bits per heavy atom. The fourth-order valence-electron chi connectivity index (χ4n) is 2.69. The van der Waals surface area contributed by atoms with Gasteiger partial charge in [0.25, 0.3) is 0 Å². The number of carboxylic acids is 1. The molecule has 1 N–H and O–H groups in total. The Balaban J connectivity index is 2.05. The highest BCUT2D eigenvalue weighted by molar-refractivity contribution is 5.80. The van der Waals surface area contributed by atoms with E-state index in [1.54, 1.807) is 4.90 Å². The van der Waals surface area contributed by atoms with E-state index in [0.29, 0.717) is 13.2 Å². The first kappa shape index (κ1) is 15.5. The van der Waals surface area contributed by atoms with Gasteiger partial charge in [0.05, 0.1) is 5.92 Å². The number of ether oxygens (including phenoxy) is 1. The van der Waals surface area contributed by atoms with Gasteiger partial charge in [-0.1, -0.05) is 37.3 Å². The topological polar surface area (TPSA) is 66.8 Å². The summed E-state index contributed by atoms with van der Waals surface area (Å²) in [5, 5.41) is 9.39. The van der Waals surface area contributed by atoms with Gasteiger partial charge < -0.3 is 14.7 Å². The fraction of sp³-hybridized carbons (Fsp3) is 0.500. The lowest BCUT2D eigenvalue weighted by Gasteiger charge is -2.16. The van der Waals surface area contributed by atoms with Crippen LogP contribution in [0.2, 0.25) is 0 Å². The maximum absolute atomic E-state index is 12.1. The molecule has 1 aromatic rings. The maximum Gasteiger partial charge on any atom is 0.308 e. The first-order valence-corrected chi connectivity index (χ1v) is 7.26. The molecule has 2 atom stereocenters. The number of benzene rings is 1. The highest BCUT2D eigenvalue weighted by Crippen LogP contribution is 2.32. The van der Waals surface area contributed by atoms with Gasteiger partial charge in [-0.05, 0) is 12.0 Å². The molecule has 2 rings (SSSR count). The van der Waals surface area contributed by atoms with Crippen molar-refractivity contribution in [2.24, 2.45) is 5.92 Å². The molecule has 1 aromatic carbocycles. The van der Waals surface area contributed by atoms with Crippen LogP contribution in [0.15, 0.2) is 30.3 Å². The quantitative estimate of drug-likeness (QED) is 0.811. The van der Waals surface area contributed by atoms with Crippen LogP contribution < -0.4 is 0 Å². The zero-order valence-electron chi connectivity index (χ0n) is 12.2. The molecule has 1 fully saturated rings. The molecule has 21 heavy (non-hydrogen) atoms. The molecule has 0 saturated carbocycles. The lowest BCUT2D eigenvalue weighted by Crippen LogP contribution is -2.33. The molecule has 2 unspecified atom stereocenters. The molecule has 0 aliphatic carbocycles. The van der Waals surface area contributed by atoms with Crippen molar-refractivity contribution in [1.29, 1.82) is 0 Å². The van der Waals surface area contributed by atoms with E-state index in [1.165, 1.54) is 0 Å². The monoisotopic (exact) mass is 291 g/mol. The zero-order valence-corrected chi connectivity index (χ0v) is 12.2. The zero-order chi connectivity index (χ0) is 15.2. The fourth-order valence-corrected chi connectivity index (χ4v) is 2.69. The summed E-state index contributed by atoms with van der Waals surface area (Å²) in [5.74, 6) is -1.69. The van der Waals surface area contributed by atoms with Crippen molar-refractivity contribution < 1.29 is 19.4 Å². The number of aliphatic carboxylic acids is 1. The highest BCUT2D eigenvalue weighted by Gasteiger charge is 2.40. The number of hydrogen-bond acceptors (Lipinski definition) is 3. The third-order valence-corrected chi connectivity index (χ3v) is 3.79. The average molecular weight is 291 g/mol. The summed E-state index contributed by atoms with van der Waals surface area (Å²) in [5.41, 5.74) is 0.967. The SMILES string of the molecule is CCCOCC(=O)N1CC(C(=O)O)C(c2ccccc2)C1. The summed E-state index contributed by atoms with van der Waals surface area (Å²) in [6.45, 7) is 3.25. The number of hydrogen-bond donors (Lipinski definition) is 1. The van der Waals surface area contributed by atoms with Gasteiger partial charge >= 0.3 is 5.97 Å². The van der Waals surface area contributed by atoms with E-state index in [4.69, 9.17) is 4.74 Å². The molecule has 1 saturated heterocycles. The van der Waals surface area contributed by atoms with Crippen molar-refractivity contribution in [3.05, 3.63) is 35.9 Å². The van der Waals surface area contributed by atoms with Crippen LogP contribution in [0.1, 0.15) is 24.8 Å². The van der Waals surface area contributed by atoms with E-state index in [-0.39, 0.29) is 25.0 Å². The van der Waals surface area contributed by atoms with Gasteiger partial charge in [0.1, 0.15) is 6.61 Å². The molecule has 0 radical (unpaired) electrons.